The standard InChI is InChI=1S/C14H12N4OS/c1-4-7-18-8-16-11-10-9(17(2)3)5-6-15-13(10)20-12(11)14(18)19/h1,5-6,8H,7H2,2-3H3. The van der Waals surface area contributed by atoms with E-state index in [1.165, 1.54) is 22.2 Å². The van der Waals surface area contributed by atoms with Gasteiger partial charge in [0.15, 0.2) is 0 Å². The van der Waals surface area contributed by atoms with Crippen molar-refractivity contribution in [3.63, 3.8) is 0 Å². The maximum absolute atomic E-state index is 12.4. The molecule has 0 N–H and O–H groups in total. The molecule has 3 heterocycles. The van der Waals surface area contributed by atoms with Gasteiger partial charge in [-0.25, -0.2) is 9.97 Å². The van der Waals surface area contributed by atoms with Gasteiger partial charge in [0.1, 0.15) is 9.53 Å². The van der Waals surface area contributed by atoms with Crippen LogP contribution in [0.4, 0.5) is 5.69 Å². The van der Waals surface area contributed by atoms with E-state index >= 15 is 0 Å². The first-order valence-corrected chi connectivity index (χ1v) is 6.82. The molecule has 3 aromatic rings. The van der Waals surface area contributed by atoms with Gasteiger partial charge in [-0.15, -0.1) is 17.8 Å². The molecule has 3 rings (SSSR count). The summed E-state index contributed by atoms with van der Waals surface area (Å²) in [6.07, 6.45) is 8.51. The lowest BCUT2D eigenvalue weighted by Gasteiger charge is -2.13. The predicted octanol–water partition coefficient (Wildman–Crippen LogP) is 1.71. The Kier molecular flexibility index (Phi) is 2.92. The molecule has 0 saturated carbocycles. The summed E-state index contributed by atoms with van der Waals surface area (Å²) in [7, 11) is 3.91. The second kappa shape index (κ2) is 4.62. The molecule has 0 amide bonds. The zero-order chi connectivity index (χ0) is 14.3. The molecule has 0 bridgehead atoms. The molecule has 0 fully saturated rings. The van der Waals surface area contributed by atoms with Gasteiger partial charge in [-0.2, -0.15) is 0 Å². The first-order chi connectivity index (χ1) is 9.63. The average molecular weight is 284 g/mol. The summed E-state index contributed by atoms with van der Waals surface area (Å²) in [5.41, 5.74) is 1.59. The number of thiophene rings is 1. The number of rotatable bonds is 2. The van der Waals surface area contributed by atoms with Crippen LogP contribution < -0.4 is 10.5 Å². The molecule has 6 heteroatoms. The monoisotopic (exact) mass is 284 g/mol. The number of nitrogens with zero attached hydrogens (tertiary/aromatic N) is 4. The molecule has 0 aromatic carbocycles. The second-order valence-corrected chi connectivity index (χ2v) is 5.57. The molecule has 5 nitrogen and oxygen atoms in total. The highest BCUT2D eigenvalue weighted by atomic mass is 32.1. The van der Waals surface area contributed by atoms with Gasteiger partial charge in [0.2, 0.25) is 0 Å². The number of fused-ring (bicyclic) bond motifs is 3. The van der Waals surface area contributed by atoms with Crippen LogP contribution in [0, 0.1) is 12.3 Å². The molecule has 20 heavy (non-hydrogen) atoms. The fraction of sp³-hybridized carbons (Fsp3) is 0.214. The van der Waals surface area contributed by atoms with E-state index in [-0.39, 0.29) is 12.1 Å². The smallest absolute Gasteiger partial charge is 0.272 e. The lowest BCUT2D eigenvalue weighted by Crippen LogP contribution is -2.19. The summed E-state index contributed by atoms with van der Waals surface area (Å²) >= 11 is 1.36. The fourth-order valence-electron chi connectivity index (χ4n) is 2.15. The molecule has 0 radical (unpaired) electrons. The Morgan fingerprint density at radius 1 is 1.45 bits per heavy atom. The first-order valence-electron chi connectivity index (χ1n) is 6.01. The molecular weight excluding hydrogens is 272 g/mol. The number of pyridine rings is 1. The van der Waals surface area contributed by atoms with E-state index in [0.29, 0.717) is 10.2 Å². The van der Waals surface area contributed by atoms with Crippen LogP contribution in [0.25, 0.3) is 20.4 Å². The number of anilines is 1. The van der Waals surface area contributed by atoms with Crippen LogP contribution in [-0.4, -0.2) is 28.6 Å². The van der Waals surface area contributed by atoms with E-state index < -0.39 is 0 Å². The molecule has 0 aliphatic carbocycles. The number of aromatic nitrogens is 3. The normalized spacial score (nSPS) is 10.8. The summed E-state index contributed by atoms with van der Waals surface area (Å²) in [5, 5.41) is 0.919. The minimum absolute atomic E-state index is 0.111. The van der Waals surface area contributed by atoms with Crippen molar-refractivity contribution < 1.29 is 0 Å². The summed E-state index contributed by atoms with van der Waals surface area (Å²) < 4.78 is 2.03. The Hall–Kier alpha value is -2.39. The summed E-state index contributed by atoms with van der Waals surface area (Å²) in [6, 6.07) is 1.92. The fourth-order valence-corrected chi connectivity index (χ4v) is 3.22. The highest BCUT2D eigenvalue weighted by Crippen LogP contribution is 2.34. The van der Waals surface area contributed by atoms with E-state index in [1.54, 1.807) is 6.20 Å². The van der Waals surface area contributed by atoms with Crippen molar-refractivity contribution in [1.29, 1.82) is 0 Å². The third kappa shape index (κ3) is 1.75. The minimum Gasteiger partial charge on any atom is -0.377 e. The largest absolute Gasteiger partial charge is 0.377 e. The highest BCUT2D eigenvalue weighted by molar-refractivity contribution is 7.25. The van der Waals surface area contributed by atoms with E-state index in [2.05, 4.69) is 15.9 Å². The zero-order valence-electron chi connectivity index (χ0n) is 11.1. The summed E-state index contributed by atoms with van der Waals surface area (Å²) in [4.78, 5) is 23.9. The van der Waals surface area contributed by atoms with Gasteiger partial charge in [-0.3, -0.25) is 9.36 Å². The van der Waals surface area contributed by atoms with Gasteiger partial charge in [0.25, 0.3) is 5.56 Å². The Balaban J connectivity index is 2.45. The summed E-state index contributed by atoms with van der Waals surface area (Å²) in [6.45, 7) is 0.226. The van der Waals surface area contributed by atoms with Crippen LogP contribution in [-0.2, 0) is 6.54 Å². The van der Waals surface area contributed by atoms with Crippen LogP contribution in [0.3, 0.4) is 0 Å². The second-order valence-electron chi connectivity index (χ2n) is 4.57. The quantitative estimate of drug-likeness (QED) is 0.672. The average Bonchev–Trinajstić information content (AvgIpc) is 2.81. The van der Waals surface area contributed by atoms with Crippen molar-refractivity contribution in [2.24, 2.45) is 0 Å². The Labute approximate surface area is 119 Å². The van der Waals surface area contributed by atoms with Crippen LogP contribution >= 0.6 is 11.3 Å². The van der Waals surface area contributed by atoms with Gasteiger partial charge >= 0.3 is 0 Å². The maximum atomic E-state index is 12.4. The van der Waals surface area contributed by atoms with E-state index in [1.807, 2.05) is 25.1 Å². The Morgan fingerprint density at radius 3 is 2.95 bits per heavy atom. The van der Waals surface area contributed by atoms with Crippen LogP contribution in [0.1, 0.15) is 0 Å². The van der Waals surface area contributed by atoms with E-state index in [4.69, 9.17) is 6.42 Å². The first kappa shape index (κ1) is 12.6. The topological polar surface area (TPSA) is 51.0 Å². The van der Waals surface area contributed by atoms with Crippen molar-refractivity contribution >= 4 is 37.5 Å². The lowest BCUT2D eigenvalue weighted by atomic mass is 10.2. The summed E-state index contributed by atoms with van der Waals surface area (Å²) in [5.74, 6) is 2.46. The molecule has 3 aromatic heterocycles. The van der Waals surface area contributed by atoms with Gasteiger partial charge < -0.3 is 4.90 Å². The molecule has 100 valence electrons. The molecule has 0 atom stereocenters. The zero-order valence-corrected chi connectivity index (χ0v) is 11.9. The van der Waals surface area contributed by atoms with Crippen molar-refractivity contribution in [2.75, 3.05) is 19.0 Å². The Morgan fingerprint density at radius 2 is 2.25 bits per heavy atom. The van der Waals surface area contributed by atoms with Gasteiger partial charge in [-0.05, 0) is 6.07 Å². The highest BCUT2D eigenvalue weighted by Gasteiger charge is 2.15. The van der Waals surface area contributed by atoms with E-state index in [9.17, 15) is 4.79 Å². The van der Waals surface area contributed by atoms with Crippen LogP contribution in [0.15, 0.2) is 23.4 Å². The third-order valence-electron chi connectivity index (χ3n) is 3.07. The minimum atomic E-state index is -0.111. The van der Waals surface area contributed by atoms with E-state index in [0.717, 1.165) is 15.9 Å². The van der Waals surface area contributed by atoms with Crippen LogP contribution in [0.5, 0.6) is 0 Å². The third-order valence-corrected chi connectivity index (χ3v) is 4.14. The molecule has 0 spiro atoms. The SMILES string of the molecule is C#CCn1cnc2c(sc3nccc(N(C)C)c32)c1=O. The van der Waals surface area contributed by atoms with Gasteiger partial charge in [-0.1, -0.05) is 5.92 Å². The lowest BCUT2D eigenvalue weighted by molar-refractivity contribution is 0.785. The van der Waals surface area contributed by atoms with Crippen molar-refractivity contribution in [2.45, 2.75) is 6.54 Å². The van der Waals surface area contributed by atoms with Crippen LogP contribution in [0.2, 0.25) is 0 Å². The van der Waals surface area contributed by atoms with Gasteiger partial charge in [0.05, 0.1) is 29.5 Å². The number of terminal acetylenes is 1. The molecule has 0 unspecified atom stereocenters. The Bertz CT molecular complexity index is 901. The molecule has 0 saturated heterocycles. The predicted molar refractivity (Wildman–Crippen MR) is 82.3 cm³/mol. The molecule has 0 aliphatic rings. The maximum Gasteiger partial charge on any atom is 0.272 e. The van der Waals surface area contributed by atoms with Gasteiger partial charge in [0, 0.05) is 20.3 Å². The van der Waals surface area contributed by atoms with Crippen molar-refractivity contribution in [3.05, 3.63) is 28.9 Å². The molecular formula is C14H12N4OS. The number of hydrogen-bond donors (Lipinski definition) is 0. The number of hydrogen-bond acceptors (Lipinski definition) is 5. The van der Waals surface area contributed by atoms with Crippen molar-refractivity contribution in [1.82, 2.24) is 14.5 Å². The molecule has 0 aliphatic heterocycles. The van der Waals surface area contributed by atoms with Crippen molar-refractivity contribution in [3.8, 4) is 12.3 Å².